The van der Waals surface area contributed by atoms with Gasteiger partial charge in [0.1, 0.15) is 18.2 Å². The second kappa shape index (κ2) is 11.8. The highest BCUT2D eigenvalue weighted by molar-refractivity contribution is 6.17. The number of hydrogen-bond acceptors (Lipinski definition) is 6. The summed E-state index contributed by atoms with van der Waals surface area (Å²) in [6.45, 7) is 7.01. The van der Waals surface area contributed by atoms with Crippen LogP contribution in [0.1, 0.15) is 54.4 Å². The first-order valence-corrected chi connectivity index (χ1v) is 12.3. The van der Waals surface area contributed by atoms with Crippen LogP contribution in [0.3, 0.4) is 0 Å². The second-order valence-electron chi connectivity index (χ2n) is 9.14. The van der Waals surface area contributed by atoms with Crippen LogP contribution in [0.5, 0.6) is 5.75 Å². The number of pyridine rings is 1. The molecule has 0 saturated carbocycles. The fourth-order valence-corrected chi connectivity index (χ4v) is 4.36. The fourth-order valence-electron chi connectivity index (χ4n) is 4.36. The number of nitrogens with one attached hydrogen (secondary N) is 1. The van der Waals surface area contributed by atoms with Crippen LogP contribution in [-0.2, 0) is 6.61 Å². The van der Waals surface area contributed by atoms with E-state index >= 15 is 0 Å². The van der Waals surface area contributed by atoms with E-state index in [1.54, 1.807) is 12.4 Å². The summed E-state index contributed by atoms with van der Waals surface area (Å²) < 4.78 is 6.04. The number of aromatic nitrogens is 1. The maximum atomic E-state index is 9.60. The fraction of sp³-hybridized carbons (Fsp3) is 0.345. The molecule has 1 atom stereocenters. The summed E-state index contributed by atoms with van der Waals surface area (Å²) in [5.74, 6) is 1.81. The second-order valence-corrected chi connectivity index (χ2v) is 9.14. The van der Waals surface area contributed by atoms with Crippen molar-refractivity contribution in [3.8, 4) is 5.75 Å². The molecule has 1 unspecified atom stereocenters. The zero-order chi connectivity index (χ0) is 24.6. The molecule has 4 rings (SSSR count). The Kier molecular flexibility index (Phi) is 8.27. The molecule has 0 spiro atoms. The lowest BCUT2D eigenvalue weighted by Crippen LogP contribution is -2.43. The predicted octanol–water partition coefficient (Wildman–Crippen LogP) is 5.03. The van der Waals surface area contributed by atoms with E-state index in [1.807, 2.05) is 36.4 Å². The lowest BCUT2D eigenvalue weighted by atomic mass is 9.88. The predicted molar refractivity (Wildman–Crippen MR) is 141 cm³/mol. The number of nitrogens with zero attached hydrogens (tertiary/aromatic N) is 3. The first-order chi connectivity index (χ1) is 17.1. The van der Waals surface area contributed by atoms with Gasteiger partial charge >= 0.3 is 0 Å². The number of aliphatic hydroxyl groups is 1. The summed E-state index contributed by atoms with van der Waals surface area (Å²) in [7, 11) is 0. The molecule has 0 radical (unpaired) electrons. The van der Waals surface area contributed by atoms with Gasteiger partial charge in [0.2, 0.25) is 0 Å². The summed E-state index contributed by atoms with van der Waals surface area (Å²) in [6.07, 6.45) is 4.36. The van der Waals surface area contributed by atoms with Gasteiger partial charge in [-0.3, -0.25) is 9.98 Å². The van der Waals surface area contributed by atoms with E-state index in [2.05, 4.69) is 48.0 Å². The minimum Gasteiger partial charge on any atom is -0.489 e. The Morgan fingerprint density at radius 3 is 2.34 bits per heavy atom. The SMILES string of the molecule is CC(C)c1ccc(COc2ccc(C(C(=N)c3ccncc3)C3=NCCCN3CCO)cc2)cc1. The van der Waals surface area contributed by atoms with Crippen LogP contribution < -0.4 is 4.74 Å². The standard InChI is InChI=1S/C29H34N4O2/c1-21(2)23-6-4-22(5-7-23)20-35-26-10-8-24(9-11-26)27(28(30)25-12-15-31-16-13-25)29-32-14-3-17-33(29)18-19-34/h4-13,15-16,21,27,30,34H,3,14,17-20H2,1-2H3. The molecule has 0 bridgehead atoms. The molecule has 1 aliphatic rings. The van der Waals surface area contributed by atoms with Crippen LogP contribution in [0.2, 0.25) is 0 Å². The van der Waals surface area contributed by atoms with Gasteiger partial charge in [-0.25, -0.2) is 0 Å². The van der Waals surface area contributed by atoms with Crippen molar-refractivity contribution in [3.05, 3.63) is 95.3 Å². The molecular formula is C29H34N4O2. The molecule has 35 heavy (non-hydrogen) atoms. The van der Waals surface area contributed by atoms with Gasteiger partial charge in [0.05, 0.1) is 18.2 Å². The molecule has 1 aliphatic heterocycles. The minimum absolute atomic E-state index is 0.0548. The molecule has 0 fully saturated rings. The molecule has 2 N–H and O–H groups in total. The number of hydrogen-bond donors (Lipinski definition) is 2. The number of rotatable bonds is 10. The normalized spacial score (nSPS) is 14.5. The van der Waals surface area contributed by atoms with E-state index in [9.17, 15) is 5.11 Å². The number of ether oxygens (including phenoxy) is 1. The lowest BCUT2D eigenvalue weighted by Gasteiger charge is -2.34. The van der Waals surface area contributed by atoms with E-state index in [1.165, 1.54) is 5.56 Å². The van der Waals surface area contributed by atoms with E-state index in [0.29, 0.717) is 24.8 Å². The van der Waals surface area contributed by atoms with E-state index in [-0.39, 0.29) is 12.5 Å². The summed E-state index contributed by atoms with van der Waals surface area (Å²) >= 11 is 0. The number of amidine groups is 1. The number of benzene rings is 2. The number of β-amino-alcohol motifs (C(OH)–C–C–N with tert-alkyl or cyclic N) is 1. The topological polar surface area (TPSA) is 81.8 Å². The van der Waals surface area contributed by atoms with Gasteiger partial charge in [-0.05, 0) is 58.9 Å². The van der Waals surface area contributed by atoms with Crippen molar-refractivity contribution in [3.63, 3.8) is 0 Å². The molecule has 0 saturated heterocycles. The van der Waals surface area contributed by atoms with Crippen molar-refractivity contribution in [1.82, 2.24) is 9.88 Å². The highest BCUT2D eigenvalue weighted by Gasteiger charge is 2.29. The zero-order valence-electron chi connectivity index (χ0n) is 20.5. The Morgan fingerprint density at radius 1 is 1.00 bits per heavy atom. The van der Waals surface area contributed by atoms with Gasteiger partial charge in [0.25, 0.3) is 0 Å². The smallest absolute Gasteiger partial charge is 0.119 e. The van der Waals surface area contributed by atoms with Crippen LogP contribution >= 0.6 is 0 Å². The quantitative estimate of drug-likeness (QED) is 0.407. The number of aliphatic hydroxyl groups excluding tert-OH is 1. The van der Waals surface area contributed by atoms with Gasteiger partial charge in [0.15, 0.2) is 0 Å². The Balaban J connectivity index is 1.55. The van der Waals surface area contributed by atoms with Crippen LogP contribution in [0.4, 0.5) is 0 Å². The summed E-state index contributed by atoms with van der Waals surface area (Å²) in [4.78, 5) is 11.0. The van der Waals surface area contributed by atoms with Gasteiger partial charge in [-0.1, -0.05) is 50.2 Å². The monoisotopic (exact) mass is 470 g/mol. The van der Waals surface area contributed by atoms with E-state index < -0.39 is 0 Å². The summed E-state index contributed by atoms with van der Waals surface area (Å²) in [5.41, 5.74) is 4.71. The maximum absolute atomic E-state index is 9.60. The van der Waals surface area contributed by atoms with Gasteiger partial charge in [-0.2, -0.15) is 0 Å². The van der Waals surface area contributed by atoms with Crippen molar-refractivity contribution in [2.75, 3.05) is 26.2 Å². The molecule has 2 heterocycles. The molecule has 6 heteroatoms. The summed E-state index contributed by atoms with van der Waals surface area (Å²) in [6, 6.07) is 20.2. The Labute approximate surface area is 207 Å². The molecule has 0 amide bonds. The zero-order valence-corrected chi connectivity index (χ0v) is 20.5. The average Bonchev–Trinajstić information content (AvgIpc) is 2.90. The third-order valence-electron chi connectivity index (χ3n) is 6.36. The van der Waals surface area contributed by atoms with Crippen LogP contribution in [0, 0.1) is 5.41 Å². The highest BCUT2D eigenvalue weighted by atomic mass is 16.5. The van der Waals surface area contributed by atoms with Crippen LogP contribution in [-0.4, -0.2) is 52.8 Å². The van der Waals surface area contributed by atoms with Crippen molar-refractivity contribution in [2.24, 2.45) is 4.99 Å². The molecule has 1 aromatic heterocycles. The number of aliphatic imine (C=N–C) groups is 1. The van der Waals surface area contributed by atoms with Crippen molar-refractivity contribution < 1.29 is 9.84 Å². The minimum atomic E-state index is -0.332. The first-order valence-electron chi connectivity index (χ1n) is 12.3. The Bertz CT molecular complexity index is 1130. The lowest BCUT2D eigenvalue weighted by molar-refractivity contribution is 0.243. The third kappa shape index (κ3) is 6.14. The van der Waals surface area contributed by atoms with Crippen molar-refractivity contribution in [2.45, 2.75) is 38.7 Å². The molecular weight excluding hydrogens is 436 g/mol. The van der Waals surface area contributed by atoms with Crippen LogP contribution in [0.15, 0.2) is 78.0 Å². The van der Waals surface area contributed by atoms with E-state index in [4.69, 9.17) is 15.1 Å². The van der Waals surface area contributed by atoms with E-state index in [0.717, 1.165) is 47.8 Å². The third-order valence-corrected chi connectivity index (χ3v) is 6.36. The first kappa shape index (κ1) is 24.6. The van der Waals surface area contributed by atoms with Crippen molar-refractivity contribution in [1.29, 1.82) is 5.41 Å². The molecule has 0 aliphatic carbocycles. The molecule has 6 nitrogen and oxygen atoms in total. The van der Waals surface area contributed by atoms with Gasteiger partial charge < -0.3 is 20.2 Å². The Hall–Kier alpha value is -3.51. The largest absolute Gasteiger partial charge is 0.489 e. The molecule has 3 aromatic rings. The summed E-state index contributed by atoms with van der Waals surface area (Å²) in [5, 5.41) is 18.6. The maximum Gasteiger partial charge on any atom is 0.119 e. The highest BCUT2D eigenvalue weighted by Crippen LogP contribution is 2.28. The Morgan fingerprint density at radius 2 is 1.69 bits per heavy atom. The van der Waals surface area contributed by atoms with Gasteiger partial charge in [-0.15, -0.1) is 0 Å². The van der Waals surface area contributed by atoms with Crippen LogP contribution in [0.25, 0.3) is 0 Å². The average molecular weight is 471 g/mol. The molecule has 2 aromatic carbocycles. The molecule has 182 valence electrons. The van der Waals surface area contributed by atoms with Gasteiger partial charge in [0, 0.05) is 32.0 Å². The van der Waals surface area contributed by atoms with Crippen molar-refractivity contribution >= 4 is 11.5 Å².